The van der Waals surface area contributed by atoms with Crippen LogP contribution in [-0.2, 0) is 6.54 Å². The number of nitrogens with one attached hydrogen (secondary N) is 1. The first-order chi connectivity index (χ1) is 10.2. The number of nitrogens with zero attached hydrogens (tertiary/aromatic N) is 1. The summed E-state index contributed by atoms with van der Waals surface area (Å²) in [6.07, 6.45) is 0. The van der Waals surface area contributed by atoms with E-state index in [1.165, 1.54) is 0 Å². The van der Waals surface area contributed by atoms with Crippen molar-refractivity contribution in [3.63, 3.8) is 0 Å². The van der Waals surface area contributed by atoms with E-state index in [4.69, 9.17) is 26.3 Å². The topological polar surface area (TPSA) is 54.3 Å². The Morgan fingerprint density at radius 2 is 1.95 bits per heavy atom. The molecule has 0 fully saturated rings. The molecule has 5 heteroatoms. The largest absolute Gasteiger partial charge is 0.497 e. The standard InChI is InChI=1S/C16H15ClN2O2/c1-20-13-5-6-14(17)15(8-13)19-10-11-3-4-12(9-18)16(7-11)21-2/h3-8,19H,10H2,1-2H3. The van der Waals surface area contributed by atoms with Crippen molar-refractivity contribution < 1.29 is 9.47 Å². The fourth-order valence-corrected chi connectivity index (χ4v) is 2.09. The summed E-state index contributed by atoms with van der Waals surface area (Å²) in [5.74, 6) is 1.30. The molecule has 2 aromatic rings. The molecule has 0 unspecified atom stereocenters. The highest BCUT2D eigenvalue weighted by Crippen LogP contribution is 2.27. The molecule has 0 aromatic heterocycles. The molecule has 0 atom stereocenters. The van der Waals surface area contributed by atoms with Gasteiger partial charge in [0, 0.05) is 12.6 Å². The lowest BCUT2D eigenvalue weighted by atomic mass is 10.1. The maximum Gasteiger partial charge on any atom is 0.136 e. The van der Waals surface area contributed by atoms with Crippen molar-refractivity contribution in [3.8, 4) is 17.6 Å². The van der Waals surface area contributed by atoms with Crippen LogP contribution in [0.15, 0.2) is 36.4 Å². The number of halogens is 1. The van der Waals surface area contributed by atoms with Crippen LogP contribution >= 0.6 is 11.6 Å². The van der Waals surface area contributed by atoms with Crippen molar-refractivity contribution in [2.45, 2.75) is 6.54 Å². The number of anilines is 1. The van der Waals surface area contributed by atoms with Gasteiger partial charge in [-0.2, -0.15) is 5.26 Å². The Labute approximate surface area is 128 Å². The fourth-order valence-electron chi connectivity index (χ4n) is 1.90. The molecule has 0 saturated carbocycles. The number of rotatable bonds is 5. The lowest BCUT2D eigenvalue weighted by molar-refractivity contribution is 0.413. The minimum atomic E-state index is 0.515. The van der Waals surface area contributed by atoms with E-state index in [-0.39, 0.29) is 0 Å². The summed E-state index contributed by atoms with van der Waals surface area (Å²) in [6.45, 7) is 0.564. The third kappa shape index (κ3) is 3.59. The van der Waals surface area contributed by atoms with E-state index >= 15 is 0 Å². The average molecular weight is 303 g/mol. The summed E-state index contributed by atoms with van der Waals surface area (Å²) in [4.78, 5) is 0. The number of ether oxygens (including phenoxy) is 2. The van der Waals surface area contributed by atoms with Gasteiger partial charge in [0.25, 0.3) is 0 Å². The first kappa shape index (κ1) is 15.0. The second kappa shape index (κ2) is 6.87. The number of benzene rings is 2. The zero-order valence-corrected chi connectivity index (χ0v) is 12.6. The first-order valence-electron chi connectivity index (χ1n) is 6.32. The summed E-state index contributed by atoms with van der Waals surface area (Å²) in [7, 11) is 3.16. The Hall–Kier alpha value is -2.38. The number of nitriles is 1. The lowest BCUT2D eigenvalue weighted by Gasteiger charge is -2.11. The second-order valence-electron chi connectivity index (χ2n) is 4.35. The van der Waals surface area contributed by atoms with Crippen LogP contribution in [0.5, 0.6) is 11.5 Å². The lowest BCUT2D eigenvalue weighted by Crippen LogP contribution is -2.01. The van der Waals surface area contributed by atoms with E-state index in [2.05, 4.69) is 11.4 Å². The minimum absolute atomic E-state index is 0.515. The van der Waals surface area contributed by atoms with E-state index in [1.807, 2.05) is 18.2 Å². The third-order valence-corrected chi connectivity index (χ3v) is 3.37. The van der Waals surface area contributed by atoms with Gasteiger partial charge in [-0.1, -0.05) is 17.7 Å². The molecule has 1 N–H and O–H groups in total. The van der Waals surface area contributed by atoms with Gasteiger partial charge in [-0.25, -0.2) is 0 Å². The van der Waals surface area contributed by atoms with E-state index < -0.39 is 0 Å². The number of methoxy groups -OCH3 is 2. The molecule has 2 aromatic carbocycles. The number of hydrogen-bond acceptors (Lipinski definition) is 4. The van der Waals surface area contributed by atoms with Crippen LogP contribution in [0, 0.1) is 11.3 Å². The zero-order valence-electron chi connectivity index (χ0n) is 11.8. The van der Waals surface area contributed by atoms with Crippen LogP contribution in [0.1, 0.15) is 11.1 Å². The highest BCUT2D eigenvalue weighted by Gasteiger charge is 2.05. The van der Waals surface area contributed by atoms with Crippen molar-refractivity contribution in [1.82, 2.24) is 0 Å². The second-order valence-corrected chi connectivity index (χ2v) is 4.75. The molecule has 0 aliphatic rings. The van der Waals surface area contributed by atoms with Crippen molar-refractivity contribution in [2.24, 2.45) is 0 Å². The molecular formula is C16H15ClN2O2. The Morgan fingerprint density at radius 1 is 1.14 bits per heavy atom. The van der Waals surface area contributed by atoms with Crippen LogP contribution in [-0.4, -0.2) is 14.2 Å². The molecule has 0 aliphatic carbocycles. The molecular weight excluding hydrogens is 288 g/mol. The Balaban J connectivity index is 2.15. The van der Waals surface area contributed by atoms with Gasteiger partial charge >= 0.3 is 0 Å². The third-order valence-electron chi connectivity index (χ3n) is 3.04. The quantitative estimate of drug-likeness (QED) is 0.911. The van der Waals surface area contributed by atoms with Crippen molar-refractivity contribution >= 4 is 17.3 Å². The summed E-state index contributed by atoms with van der Waals surface area (Å²) in [5.41, 5.74) is 2.30. The Morgan fingerprint density at radius 3 is 2.62 bits per heavy atom. The Kier molecular flexibility index (Phi) is 4.91. The van der Waals surface area contributed by atoms with Gasteiger partial charge in [0.1, 0.15) is 17.6 Å². The normalized spacial score (nSPS) is 9.81. The molecule has 2 rings (SSSR count). The Bertz CT molecular complexity index is 680. The molecule has 0 spiro atoms. The van der Waals surface area contributed by atoms with Crippen LogP contribution in [0.25, 0.3) is 0 Å². The van der Waals surface area contributed by atoms with Gasteiger partial charge in [0.05, 0.1) is 30.5 Å². The summed E-state index contributed by atoms with van der Waals surface area (Å²) < 4.78 is 10.4. The average Bonchev–Trinajstić information content (AvgIpc) is 2.53. The van der Waals surface area contributed by atoms with Gasteiger partial charge in [-0.3, -0.25) is 0 Å². The van der Waals surface area contributed by atoms with Gasteiger partial charge < -0.3 is 14.8 Å². The molecule has 4 nitrogen and oxygen atoms in total. The predicted molar refractivity (Wildman–Crippen MR) is 83.0 cm³/mol. The first-order valence-corrected chi connectivity index (χ1v) is 6.70. The van der Waals surface area contributed by atoms with Crippen LogP contribution in [0.3, 0.4) is 0 Å². The molecule has 0 radical (unpaired) electrons. The van der Waals surface area contributed by atoms with Crippen molar-refractivity contribution in [3.05, 3.63) is 52.5 Å². The smallest absolute Gasteiger partial charge is 0.136 e. The minimum Gasteiger partial charge on any atom is -0.497 e. The number of hydrogen-bond donors (Lipinski definition) is 1. The van der Waals surface area contributed by atoms with Crippen molar-refractivity contribution in [2.75, 3.05) is 19.5 Å². The molecule has 0 saturated heterocycles. The molecule has 0 bridgehead atoms. The van der Waals surface area contributed by atoms with Gasteiger partial charge in [0.2, 0.25) is 0 Å². The highest BCUT2D eigenvalue weighted by molar-refractivity contribution is 6.33. The maximum atomic E-state index is 8.97. The summed E-state index contributed by atoms with van der Waals surface area (Å²) >= 11 is 6.14. The monoisotopic (exact) mass is 302 g/mol. The molecule has 0 amide bonds. The maximum absolute atomic E-state index is 8.97. The summed E-state index contributed by atoms with van der Waals surface area (Å²) in [5, 5.41) is 12.8. The zero-order chi connectivity index (χ0) is 15.2. The molecule has 108 valence electrons. The molecule has 0 aliphatic heterocycles. The van der Waals surface area contributed by atoms with Crippen molar-refractivity contribution in [1.29, 1.82) is 5.26 Å². The molecule has 21 heavy (non-hydrogen) atoms. The van der Waals surface area contributed by atoms with Crippen LogP contribution in [0.2, 0.25) is 5.02 Å². The van der Waals surface area contributed by atoms with Crippen LogP contribution < -0.4 is 14.8 Å². The highest BCUT2D eigenvalue weighted by atomic mass is 35.5. The van der Waals surface area contributed by atoms with E-state index in [1.54, 1.807) is 32.4 Å². The van der Waals surface area contributed by atoms with E-state index in [0.29, 0.717) is 22.9 Å². The predicted octanol–water partition coefficient (Wildman–Crippen LogP) is 3.84. The van der Waals surface area contributed by atoms with E-state index in [9.17, 15) is 0 Å². The summed E-state index contributed by atoms with van der Waals surface area (Å²) in [6, 6.07) is 13.0. The van der Waals surface area contributed by atoms with Gasteiger partial charge in [0.15, 0.2) is 0 Å². The SMILES string of the molecule is COc1ccc(Cl)c(NCc2ccc(C#N)c(OC)c2)c1. The fraction of sp³-hybridized carbons (Fsp3) is 0.188. The van der Waals surface area contributed by atoms with Gasteiger partial charge in [-0.05, 0) is 29.8 Å². The van der Waals surface area contributed by atoms with Gasteiger partial charge in [-0.15, -0.1) is 0 Å². The molecule has 0 heterocycles. The van der Waals surface area contributed by atoms with E-state index in [0.717, 1.165) is 17.0 Å². The van der Waals surface area contributed by atoms with Crippen LogP contribution in [0.4, 0.5) is 5.69 Å².